The number of rotatable bonds is 2. The molecule has 0 unspecified atom stereocenters. The van der Waals surface area contributed by atoms with E-state index >= 15 is 0 Å². The summed E-state index contributed by atoms with van der Waals surface area (Å²) in [6, 6.07) is 8.99. The van der Waals surface area contributed by atoms with E-state index in [9.17, 15) is 0 Å². The predicted molar refractivity (Wildman–Crippen MR) is 81.7 cm³/mol. The SMILES string of the molecule is S=C(Nc1ccc2c(c1)OCO2)Nc1ccc(Cl)cn1. The molecule has 2 aromatic rings. The average Bonchev–Trinajstić information content (AvgIpc) is 2.89. The zero-order valence-corrected chi connectivity index (χ0v) is 11.8. The maximum atomic E-state index is 5.77. The molecular formula is C13H10ClN3O2S. The molecule has 0 aliphatic carbocycles. The van der Waals surface area contributed by atoms with E-state index in [0.717, 1.165) is 11.4 Å². The van der Waals surface area contributed by atoms with Crippen LogP contribution in [0.15, 0.2) is 36.5 Å². The van der Waals surface area contributed by atoms with E-state index in [1.165, 1.54) is 0 Å². The smallest absolute Gasteiger partial charge is 0.231 e. The van der Waals surface area contributed by atoms with E-state index in [1.54, 1.807) is 18.3 Å². The highest BCUT2D eigenvalue weighted by molar-refractivity contribution is 7.80. The van der Waals surface area contributed by atoms with Crippen LogP contribution in [-0.4, -0.2) is 16.9 Å². The van der Waals surface area contributed by atoms with Crippen LogP contribution < -0.4 is 20.1 Å². The van der Waals surface area contributed by atoms with Gasteiger partial charge < -0.3 is 20.1 Å². The van der Waals surface area contributed by atoms with Crippen LogP contribution in [0.25, 0.3) is 0 Å². The Balaban J connectivity index is 1.65. The van der Waals surface area contributed by atoms with Gasteiger partial charge in [-0.25, -0.2) is 4.98 Å². The van der Waals surface area contributed by atoms with Crippen molar-refractivity contribution >= 4 is 40.4 Å². The lowest BCUT2D eigenvalue weighted by Gasteiger charge is -2.10. The third-order valence-corrected chi connectivity index (χ3v) is 3.03. The van der Waals surface area contributed by atoms with E-state index in [2.05, 4.69) is 15.6 Å². The number of nitrogens with zero attached hydrogens (tertiary/aromatic N) is 1. The Labute approximate surface area is 125 Å². The van der Waals surface area contributed by atoms with Crippen molar-refractivity contribution in [3.8, 4) is 11.5 Å². The molecule has 20 heavy (non-hydrogen) atoms. The fourth-order valence-corrected chi connectivity index (χ4v) is 2.04. The van der Waals surface area contributed by atoms with E-state index in [0.29, 0.717) is 21.7 Å². The van der Waals surface area contributed by atoms with Crippen molar-refractivity contribution in [2.24, 2.45) is 0 Å². The van der Waals surface area contributed by atoms with Gasteiger partial charge in [-0.1, -0.05) is 11.6 Å². The first-order valence-electron chi connectivity index (χ1n) is 5.80. The zero-order valence-electron chi connectivity index (χ0n) is 10.2. The summed E-state index contributed by atoms with van der Waals surface area (Å²) >= 11 is 11.0. The first-order valence-corrected chi connectivity index (χ1v) is 6.58. The summed E-state index contributed by atoms with van der Waals surface area (Å²) in [4.78, 5) is 4.10. The van der Waals surface area contributed by atoms with Gasteiger partial charge in [0.2, 0.25) is 6.79 Å². The Kier molecular flexibility index (Phi) is 3.58. The van der Waals surface area contributed by atoms with Crippen molar-refractivity contribution in [2.45, 2.75) is 0 Å². The third kappa shape index (κ3) is 2.92. The molecule has 0 saturated heterocycles. The number of thiocarbonyl (C=S) groups is 1. The van der Waals surface area contributed by atoms with E-state index in [-0.39, 0.29) is 6.79 Å². The van der Waals surface area contributed by atoms with Crippen molar-refractivity contribution in [2.75, 3.05) is 17.4 Å². The molecule has 0 radical (unpaired) electrons. The van der Waals surface area contributed by atoms with E-state index in [1.807, 2.05) is 18.2 Å². The number of aromatic nitrogens is 1. The van der Waals surface area contributed by atoms with Crippen LogP contribution in [0.4, 0.5) is 11.5 Å². The summed E-state index contributed by atoms with van der Waals surface area (Å²) in [5.74, 6) is 2.05. The highest BCUT2D eigenvalue weighted by Crippen LogP contribution is 2.34. The Bertz CT molecular complexity index is 649. The highest BCUT2D eigenvalue weighted by Gasteiger charge is 2.13. The number of halogens is 1. The summed E-state index contributed by atoms with van der Waals surface area (Å²) in [5.41, 5.74) is 0.806. The van der Waals surface area contributed by atoms with Gasteiger partial charge in [0.25, 0.3) is 0 Å². The number of fused-ring (bicyclic) bond motifs is 1. The molecule has 0 saturated carbocycles. The summed E-state index contributed by atoms with van der Waals surface area (Å²) in [5, 5.41) is 7.01. The van der Waals surface area contributed by atoms with E-state index in [4.69, 9.17) is 33.3 Å². The van der Waals surface area contributed by atoms with Gasteiger partial charge in [0.1, 0.15) is 5.82 Å². The standard InChI is InChI=1S/C13H10ClN3O2S/c14-8-1-4-12(15-6-8)17-13(20)16-9-2-3-10-11(5-9)19-7-18-10/h1-6H,7H2,(H2,15,16,17,20). The van der Waals surface area contributed by atoms with Crippen molar-refractivity contribution in [1.29, 1.82) is 0 Å². The maximum Gasteiger partial charge on any atom is 0.231 e. The number of hydrogen-bond acceptors (Lipinski definition) is 4. The topological polar surface area (TPSA) is 55.4 Å². The minimum Gasteiger partial charge on any atom is -0.454 e. The second-order valence-corrected chi connectivity index (χ2v) is 4.85. The molecule has 1 aliphatic rings. The molecule has 1 aromatic carbocycles. The molecule has 0 fully saturated rings. The molecule has 0 amide bonds. The zero-order chi connectivity index (χ0) is 13.9. The largest absolute Gasteiger partial charge is 0.454 e. The number of benzene rings is 1. The van der Waals surface area contributed by atoms with Gasteiger partial charge >= 0.3 is 0 Å². The molecule has 0 bridgehead atoms. The fourth-order valence-electron chi connectivity index (χ4n) is 1.70. The third-order valence-electron chi connectivity index (χ3n) is 2.60. The second-order valence-electron chi connectivity index (χ2n) is 4.01. The molecule has 102 valence electrons. The van der Waals surface area contributed by atoms with Crippen molar-refractivity contribution < 1.29 is 9.47 Å². The van der Waals surface area contributed by atoms with Gasteiger partial charge in [0.15, 0.2) is 16.6 Å². The van der Waals surface area contributed by atoms with Crippen LogP contribution in [0, 0.1) is 0 Å². The lowest BCUT2D eigenvalue weighted by molar-refractivity contribution is 0.174. The quantitative estimate of drug-likeness (QED) is 0.831. The number of hydrogen-bond donors (Lipinski definition) is 2. The molecule has 2 N–H and O–H groups in total. The van der Waals surface area contributed by atoms with Gasteiger partial charge in [0.05, 0.1) is 5.02 Å². The summed E-state index contributed by atoms with van der Waals surface area (Å²) < 4.78 is 10.5. The van der Waals surface area contributed by atoms with Crippen molar-refractivity contribution in [3.63, 3.8) is 0 Å². The second kappa shape index (κ2) is 5.52. The summed E-state index contributed by atoms with van der Waals surface area (Å²) in [7, 11) is 0. The number of pyridine rings is 1. The maximum absolute atomic E-state index is 5.77. The van der Waals surface area contributed by atoms with Gasteiger partial charge in [-0.3, -0.25) is 0 Å². The number of ether oxygens (including phenoxy) is 2. The molecule has 7 heteroatoms. The number of anilines is 2. The van der Waals surface area contributed by atoms with Crippen molar-refractivity contribution in [3.05, 3.63) is 41.6 Å². The Hall–Kier alpha value is -2.05. The molecule has 0 atom stereocenters. The first kappa shape index (κ1) is 13.0. The molecule has 1 aliphatic heterocycles. The van der Waals surface area contributed by atoms with Crippen LogP contribution in [0.5, 0.6) is 11.5 Å². The van der Waals surface area contributed by atoms with Crippen molar-refractivity contribution in [1.82, 2.24) is 4.98 Å². The minimum atomic E-state index is 0.246. The highest BCUT2D eigenvalue weighted by atomic mass is 35.5. The average molecular weight is 308 g/mol. The first-order chi connectivity index (χ1) is 9.70. The fraction of sp³-hybridized carbons (Fsp3) is 0.0769. The number of nitrogens with one attached hydrogen (secondary N) is 2. The molecule has 1 aromatic heterocycles. The Morgan fingerprint density at radius 3 is 2.80 bits per heavy atom. The minimum absolute atomic E-state index is 0.246. The Morgan fingerprint density at radius 1 is 1.15 bits per heavy atom. The van der Waals surface area contributed by atoms with Crippen LogP contribution >= 0.6 is 23.8 Å². The van der Waals surface area contributed by atoms with Gasteiger partial charge in [0, 0.05) is 18.0 Å². The van der Waals surface area contributed by atoms with Gasteiger partial charge in [-0.15, -0.1) is 0 Å². The molecule has 0 spiro atoms. The van der Waals surface area contributed by atoms with Crippen LogP contribution in [-0.2, 0) is 0 Å². The van der Waals surface area contributed by atoms with Crippen LogP contribution in [0.1, 0.15) is 0 Å². The molecular weight excluding hydrogens is 298 g/mol. The molecule has 2 heterocycles. The van der Waals surface area contributed by atoms with E-state index < -0.39 is 0 Å². The Morgan fingerprint density at radius 2 is 2.00 bits per heavy atom. The lowest BCUT2D eigenvalue weighted by atomic mass is 10.3. The monoisotopic (exact) mass is 307 g/mol. The molecule has 5 nitrogen and oxygen atoms in total. The normalized spacial score (nSPS) is 12.1. The summed E-state index contributed by atoms with van der Waals surface area (Å²) in [6.45, 7) is 0.246. The molecule has 3 rings (SSSR count). The van der Waals surface area contributed by atoms with Crippen LogP contribution in [0.3, 0.4) is 0 Å². The lowest BCUT2D eigenvalue weighted by Crippen LogP contribution is -2.19. The van der Waals surface area contributed by atoms with Gasteiger partial charge in [-0.05, 0) is 36.5 Å². The predicted octanol–water partition coefficient (Wildman–Crippen LogP) is 3.27. The van der Waals surface area contributed by atoms with Gasteiger partial charge in [-0.2, -0.15) is 0 Å². The summed E-state index contributed by atoms with van der Waals surface area (Å²) in [6.07, 6.45) is 1.55. The van der Waals surface area contributed by atoms with Crippen LogP contribution in [0.2, 0.25) is 5.02 Å².